The van der Waals surface area contributed by atoms with Crippen molar-refractivity contribution in [3.05, 3.63) is 29.6 Å². The van der Waals surface area contributed by atoms with Crippen molar-refractivity contribution in [3.8, 4) is 0 Å². The molecule has 3 nitrogen and oxygen atoms in total. The van der Waals surface area contributed by atoms with Gasteiger partial charge in [0, 0.05) is 30.3 Å². The van der Waals surface area contributed by atoms with Gasteiger partial charge in [-0.25, -0.2) is 4.39 Å². The van der Waals surface area contributed by atoms with Gasteiger partial charge < -0.3 is 15.1 Å². The van der Waals surface area contributed by atoms with Gasteiger partial charge in [-0.3, -0.25) is 0 Å². The third-order valence-electron chi connectivity index (χ3n) is 4.60. The van der Waals surface area contributed by atoms with Crippen LogP contribution in [0.1, 0.15) is 31.4 Å². The molecule has 1 aromatic carbocycles. The number of halogens is 1. The number of aliphatic hydroxyl groups is 2. The average molecular weight is 265 g/mol. The molecule has 4 atom stereocenters. The third-order valence-corrected chi connectivity index (χ3v) is 4.60. The zero-order valence-corrected chi connectivity index (χ0v) is 11.1. The van der Waals surface area contributed by atoms with Crippen molar-refractivity contribution in [3.63, 3.8) is 0 Å². The number of anilines is 1. The van der Waals surface area contributed by atoms with E-state index in [2.05, 4.69) is 4.90 Å². The van der Waals surface area contributed by atoms with Crippen LogP contribution < -0.4 is 4.90 Å². The molecule has 0 amide bonds. The summed E-state index contributed by atoms with van der Waals surface area (Å²) in [6, 6.07) is 4.58. The van der Waals surface area contributed by atoms with Crippen LogP contribution in [0.25, 0.3) is 0 Å². The Morgan fingerprint density at radius 1 is 1.32 bits per heavy atom. The molecule has 2 fully saturated rings. The minimum Gasteiger partial charge on any atom is -0.393 e. The van der Waals surface area contributed by atoms with E-state index < -0.39 is 6.10 Å². The van der Waals surface area contributed by atoms with Crippen LogP contribution in [0.4, 0.5) is 10.1 Å². The predicted octanol–water partition coefficient (Wildman–Crippen LogP) is 2.09. The van der Waals surface area contributed by atoms with Gasteiger partial charge in [-0.2, -0.15) is 0 Å². The van der Waals surface area contributed by atoms with E-state index >= 15 is 0 Å². The van der Waals surface area contributed by atoms with Gasteiger partial charge in [0.1, 0.15) is 5.82 Å². The second-order valence-electron chi connectivity index (χ2n) is 5.85. The quantitative estimate of drug-likeness (QED) is 0.860. The molecular weight excluding hydrogens is 245 g/mol. The van der Waals surface area contributed by atoms with E-state index in [1.165, 1.54) is 12.1 Å². The summed E-state index contributed by atoms with van der Waals surface area (Å²) in [6.45, 7) is 3.36. The number of rotatable bonds is 2. The van der Waals surface area contributed by atoms with Gasteiger partial charge >= 0.3 is 0 Å². The molecule has 104 valence electrons. The SMILES string of the molecule is C[C@@H](O)c1cc(F)ccc1N1CC2CCC(O)C2C1. The highest BCUT2D eigenvalue weighted by molar-refractivity contribution is 5.56. The molecule has 1 aliphatic carbocycles. The second-order valence-corrected chi connectivity index (χ2v) is 5.85. The maximum absolute atomic E-state index is 13.3. The summed E-state index contributed by atoms with van der Waals surface area (Å²) < 4.78 is 13.3. The van der Waals surface area contributed by atoms with Crippen molar-refractivity contribution < 1.29 is 14.6 Å². The van der Waals surface area contributed by atoms with Gasteiger partial charge in [-0.05, 0) is 43.9 Å². The molecule has 3 rings (SSSR count). The smallest absolute Gasteiger partial charge is 0.123 e. The fourth-order valence-corrected chi connectivity index (χ4v) is 3.58. The number of aliphatic hydroxyl groups excluding tert-OH is 2. The van der Waals surface area contributed by atoms with Crippen molar-refractivity contribution in [2.45, 2.75) is 32.0 Å². The standard InChI is InChI=1S/C15H20FNO2/c1-9(18)12-6-11(16)3-4-14(12)17-7-10-2-5-15(19)13(10)8-17/h3-4,6,9-10,13,15,18-19H,2,5,7-8H2,1H3/t9-,10?,13?,15?/m1/s1. The van der Waals surface area contributed by atoms with Crippen LogP contribution in [-0.4, -0.2) is 29.4 Å². The molecule has 0 aromatic heterocycles. The Labute approximate surface area is 112 Å². The van der Waals surface area contributed by atoms with Crippen LogP contribution in [0.3, 0.4) is 0 Å². The van der Waals surface area contributed by atoms with Crippen molar-refractivity contribution in [1.29, 1.82) is 0 Å². The molecule has 1 aromatic rings. The number of hydrogen-bond donors (Lipinski definition) is 2. The van der Waals surface area contributed by atoms with Crippen LogP contribution in [0.15, 0.2) is 18.2 Å². The lowest BCUT2D eigenvalue weighted by atomic mass is 10.00. The summed E-state index contributed by atoms with van der Waals surface area (Å²) >= 11 is 0. The number of nitrogens with zero attached hydrogens (tertiary/aromatic N) is 1. The lowest BCUT2D eigenvalue weighted by Gasteiger charge is -2.24. The highest BCUT2D eigenvalue weighted by Crippen LogP contribution is 2.41. The molecule has 2 aliphatic rings. The maximum atomic E-state index is 13.3. The Kier molecular flexibility index (Phi) is 3.23. The summed E-state index contributed by atoms with van der Waals surface area (Å²) in [5.74, 6) is 0.535. The Hall–Kier alpha value is -1.13. The lowest BCUT2D eigenvalue weighted by molar-refractivity contribution is 0.133. The normalized spacial score (nSPS) is 31.6. The molecule has 1 aliphatic heterocycles. The topological polar surface area (TPSA) is 43.7 Å². The monoisotopic (exact) mass is 265 g/mol. The largest absolute Gasteiger partial charge is 0.393 e. The molecule has 19 heavy (non-hydrogen) atoms. The fraction of sp³-hybridized carbons (Fsp3) is 0.600. The van der Waals surface area contributed by atoms with E-state index in [4.69, 9.17) is 0 Å². The second kappa shape index (κ2) is 4.76. The molecule has 2 N–H and O–H groups in total. The molecular formula is C15H20FNO2. The van der Waals surface area contributed by atoms with E-state index in [1.807, 2.05) is 0 Å². The van der Waals surface area contributed by atoms with E-state index in [0.717, 1.165) is 31.6 Å². The summed E-state index contributed by atoms with van der Waals surface area (Å²) in [5.41, 5.74) is 1.53. The number of hydrogen-bond acceptors (Lipinski definition) is 3. The zero-order chi connectivity index (χ0) is 13.6. The van der Waals surface area contributed by atoms with Crippen LogP contribution >= 0.6 is 0 Å². The van der Waals surface area contributed by atoms with Gasteiger partial charge in [0.25, 0.3) is 0 Å². The minimum absolute atomic E-state index is 0.203. The molecule has 0 radical (unpaired) electrons. The first kappa shape index (κ1) is 12.9. The van der Waals surface area contributed by atoms with Gasteiger partial charge in [-0.1, -0.05) is 0 Å². The van der Waals surface area contributed by atoms with Crippen LogP contribution in [-0.2, 0) is 0 Å². The first-order valence-corrected chi connectivity index (χ1v) is 6.97. The van der Waals surface area contributed by atoms with E-state index in [1.54, 1.807) is 13.0 Å². The molecule has 0 bridgehead atoms. The third kappa shape index (κ3) is 2.23. The van der Waals surface area contributed by atoms with Gasteiger partial charge in [0.2, 0.25) is 0 Å². The van der Waals surface area contributed by atoms with Crippen molar-refractivity contribution in [2.24, 2.45) is 11.8 Å². The van der Waals surface area contributed by atoms with Gasteiger partial charge in [0.05, 0.1) is 12.2 Å². The molecule has 3 unspecified atom stereocenters. The van der Waals surface area contributed by atoms with Crippen LogP contribution in [0.2, 0.25) is 0 Å². The fourth-order valence-electron chi connectivity index (χ4n) is 3.58. The molecule has 1 saturated carbocycles. The number of fused-ring (bicyclic) bond motifs is 1. The average Bonchev–Trinajstić information content (AvgIpc) is 2.92. The molecule has 1 heterocycles. The zero-order valence-electron chi connectivity index (χ0n) is 11.1. The van der Waals surface area contributed by atoms with Gasteiger partial charge in [0.15, 0.2) is 0 Å². The molecule has 1 saturated heterocycles. The lowest BCUT2D eigenvalue weighted by Crippen LogP contribution is -2.25. The first-order chi connectivity index (χ1) is 9.06. The minimum atomic E-state index is -0.684. The van der Waals surface area contributed by atoms with Crippen molar-refractivity contribution >= 4 is 5.69 Å². The molecule has 0 spiro atoms. The molecule has 4 heteroatoms. The van der Waals surface area contributed by atoms with E-state index in [0.29, 0.717) is 17.4 Å². The Bertz CT molecular complexity index is 477. The highest BCUT2D eigenvalue weighted by Gasteiger charge is 2.42. The van der Waals surface area contributed by atoms with Crippen LogP contribution in [0, 0.1) is 17.7 Å². The van der Waals surface area contributed by atoms with Crippen molar-refractivity contribution in [2.75, 3.05) is 18.0 Å². The maximum Gasteiger partial charge on any atom is 0.123 e. The van der Waals surface area contributed by atoms with Gasteiger partial charge in [-0.15, -0.1) is 0 Å². The Balaban J connectivity index is 1.88. The van der Waals surface area contributed by atoms with E-state index in [9.17, 15) is 14.6 Å². The summed E-state index contributed by atoms with van der Waals surface area (Å²) in [4.78, 5) is 2.18. The Morgan fingerprint density at radius 2 is 2.11 bits per heavy atom. The first-order valence-electron chi connectivity index (χ1n) is 6.97. The summed E-state index contributed by atoms with van der Waals surface area (Å²) in [7, 11) is 0. The highest BCUT2D eigenvalue weighted by atomic mass is 19.1. The summed E-state index contributed by atoms with van der Waals surface area (Å²) in [6.07, 6.45) is 1.07. The predicted molar refractivity (Wildman–Crippen MR) is 71.5 cm³/mol. The number of benzene rings is 1. The van der Waals surface area contributed by atoms with Crippen molar-refractivity contribution in [1.82, 2.24) is 0 Å². The summed E-state index contributed by atoms with van der Waals surface area (Å²) in [5, 5.41) is 19.8. The van der Waals surface area contributed by atoms with Crippen LogP contribution in [0.5, 0.6) is 0 Å². The Morgan fingerprint density at radius 3 is 2.79 bits per heavy atom. The van der Waals surface area contributed by atoms with E-state index in [-0.39, 0.29) is 11.9 Å².